The molecule has 0 aliphatic heterocycles. The molecule has 2 aromatic carbocycles. The first-order valence-electron chi connectivity index (χ1n) is 7.71. The summed E-state index contributed by atoms with van der Waals surface area (Å²) < 4.78 is 15.0. The third kappa shape index (κ3) is 3.79. The molecule has 0 aliphatic carbocycles. The fraction of sp³-hybridized carbons (Fsp3) is 0.0556. The van der Waals surface area contributed by atoms with Gasteiger partial charge in [-0.05, 0) is 42.5 Å². The van der Waals surface area contributed by atoms with E-state index >= 15 is 0 Å². The van der Waals surface area contributed by atoms with Crippen LogP contribution in [-0.2, 0) is 4.79 Å². The zero-order chi connectivity index (χ0) is 18.5. The van der Waals surface area contributed by atoms with Crippen LogP contribution in [0.25, 0.3) is 23.2 Å². The van der Waals surface area contributed by atoms with Crippen molar-refractivity contribution in [3.05, 3.63) is 71.3 Å². The van der Waals surface area contributed by atoms with Crippen molar-refractivity contribution in [3.8, 4) is 17.1 Å². The zero-order valence-corrected chi connectivity index (χ0v) is 14.5. The molecule has 6 nitrogen and oxygen atoms in total. The number of benzene rings is 2. The Morgan fingerprint density at radius 1 is 1.15 bits per heavy atom. The summed E-state index contributed by atoms with van der Waals surface area (Å²) in [6.45, 7) is 0. The van der Waals surface area contributed by atoms with Crippen molar-refractivity contribution in [2.45, 2.75) is 0 Å². The van der Waals surface area contributed by atoms with Crippen molar-refractivity contribution < 1.29 is 9.18 Å². The number of hydrazine groups is 1. The van der Waals surface area contributed by atoms with Crippen LogP contribution in [0.3, 0.4) is 0 Å². The van der Waals surface area contributed by atoms with E-state index in [1.807, 2.05) is 18.2 Å². The van der Waals surface area contributed by atoms with Crippen molar-refractivity contribution in [1.29, 1.82) is 0 Å². The van der Waals surface area contributed by atoms with E-state index in [1.54, 1.807) is 29.8 Å². The molecule has 1 amide bonds. The number of aromatic nitrogens is 3. The Morgan fingerprint density at radius 2 is 1.88 bits per heavy atom. The topological polar surface area (TPSA) is 71.8 Å². The summed E-state index contributed by atoms with van der Waals surface area (Å²) in [6, 6.07) is 13.1. The average Bonchev–Trinajstić information content (AvgIpc) is 3.05. The molecule has 0 bridgehead atoms. The summed E-state index contributed by atoms with van der Waals surface area (Å²) in [5.41, 5.74) is 6.29. The maximum Gasteiger partial charge on any atom is 0.258 e. The van der Waals surface area contributed by atoms with Crippen LogP contribution in [-0.4, -0.2) is 27.7 Å². The number of hydrogen-bond acceptors (Lipinski definition) is 4. The molecule has 3 aromatic rings. The van der Waals surface area contributed by atoms with E-state index < -0.39 is 0 Å². The highest BCUT2D eigenvalue weighted by atomic mass is 35.5. The van der Waals surface area contributed by atoms with Crippen molar-refractivity contribution >= 4 is 23.6 Å². The van der Waals surface area contributed by atoms with E-state index in [0.717, 1.165) is 0 Å². The predicted molar refractivity (Wildman–Crippen MR) is 98.0 cm³/mol. The van der Waals surface area contributed by atoms with Crippen LogP contribution in [0, 0.1) is 5.82 Å². The lowest BCUT2D eigenvalue weighted by molar-refractivity contribution is -0.117. The highest BCUT2D eigenvalue weighted by Gasteiger charge is 2.16. The predicted octanol–water partition coefficient (Wildman–Crippen LogP) is 2.99. The molecule has 132 valence electrons. The van der Waals surface area contributed by atoms with E-state index in [4.69, 9.17) is 11.6 Å². The lowest BCUT2D eigenvalue weighted by Crippen LogP contribution is -2.32. The molecule has 3 rings (SSSR count). The highest BCUT2D eigenvalue weighted by Crippen LogP contribution is 2.28. The number of para-hydroxylation sites is 1. The van der Waals surface area contributed by atoms with Crippen molar-refractivity contribution in [2.24, 2.45) is 0 Å². The zero-order valence-electron chi connectivity index (χ0n) is 13.8. The molecule has 0 atom stereocenters. The molecule has 0 spiro atoms. The lowest BCUT2D eigenvalue weighted by Gasteiger charge is -2.10. The second-order valence-electron chi connectivity index (χ2n) is 5.25. The smallest absolute Gasteiger partial charge is 0.258 e. The molecular weight excluding hydrogens is 357 g/mol. The second-order valence-corrected chi connectivity index (χ2v) is 5.66. The first-order valence-corrected chi connectivity index (χ1v) is 8.09. The minimum atomic E-state index is -0.346. The van der Waals surface area contributed by atoms with Gasteiger partial charge in [0.25, 0.3) is 5.91 Å². The minimum Gasteiger partial charge on any atom is -0.288 e. The largest absolute Gasteiger partial charge is 0.288 e. The normalized spacial score (nSPS) is 11.0. The minimum absolute atomic E-state index is 0.343. The van der Waals surface area contributed by atoms with Gasteiger partial charge in [0.1, 0.15) is 5.82 Å². The second kappa shape index (κ2) is 7.90. The fourth-order valence-corrected chi connectivity index (χ4v) is 2.60. The van der Waals surface area contributed by atoms with Gasteiger partial charge in [-0.25, -0.2) is 9.82 Å². The van der Waals surface area contributed by atoms with Crippen LogP contribution < -0.4 is 10.9 Å². The summed E-state index contributed by atoms with van der Waals surface area (Å²) >= 11 is 6.33. The first-order chi connectivity index (χ1) is 12.6. The number of nitrogens with zero attached hydrogens (tertiary/aromatic N) is 3. The standard InChI is InChI=1S/C18H15ClFN5O/c1-21-23-17(26)11-10-16-22-24-18(12-6-8-13(20)9-7-12)25(16)15-5-3-2-4-14(15)19/h2-11,21H,1H3,(H,23,26)/b11-10+. The molecule has 26 heavy (non-hydrogen) atoms. The number of amides is 1. The first kappa shape index (κ1) is 17.8. The Bertz CT molecular complexity index is 952. The van der Waals surface area contributed by atoms with E-state index in [-0.39, 0.29) is 11.7 Å². The van der Waals surface area contributed by atoms with Gasteiger partial charge in [0.2, 0.25) is 0 Å². The van der Waals surface area contributed by atoms with E-state index in [2.05, 4.69) is 21.0 Å². The Morgan fingerprint density at radius 3 is 2.58 bits per heavy atom. The molecule has 1 aromatic heterocycles. The maximum atomic E-state index is 13.3. The summed E-state index contributed by atoms with van der Waals surface area (Å²) in [5, 5.41) is 8.82. The monoisotopic (exact) mass is 371 g/mol. The van der Waals surface area contributed by atoms with E-state index in [1.165, 1.54) is 24.3 Å². The van der Waals surface area contributed by atoms with Crippen LogP contribution >= 0.6 is 11.6 Å². The van der Waals surface area contributed by atoms with Gasteiger partial charge in [0, 0.05) is 18.7 Å². The lowest BCUT2D eigenvalue weighted by atomic mass is 10.2. The fourth-order valence-electron chi connectivity index (χ4n) is 2.38. The van der Waals surface area contributed by atoms with Gasteiger partial charge < -0.3 is 0 Å². The van der Waals surface area contributed by atoms with Gasteiger partial charge in [-0.2, -0.15) is 0 Å². The van der Waals surface area contributed by atoms with E-state index in [0.29, 0.717) is 27.9 Å². The average molecular weight is 372 g/mol. The summed E-state index contributed by atoms with van der Waals surface area (Å²) in [5.74, 6) is 0.196. The van der Waals surface area contributed by atoms with Crippen LogP contribution in [0.15, 0.2) is 54.6 Å². The molecule has 1 heterocycles. The Kier molecular flexibility index (Phi) is 5.40. The number of hydrogen-bond donors (Lipinski definition) is 2. The van der Waals surface area contributed by atoms with Gasteiger partial charge in [-0.1, -0.05) is 23.7 Å². The molecule has 2 N–H and O–H groups in total. The number of halogens is 2. The number of carbonyl (C=O) groups excluding carboxylic acids is 1. The SMILES string of the molecule is CNNC(=O)/C=C/c1nnc(-c2ccc(F)cc2)n1-c1ccccc1Cl. The Labute approximate surface area is 154 Å². The summed E-state index contributed by atoms with van der Waals surface area (Å²) in [6.07, 6.45) is 2.85. The summed E-state index contributed by atoms with van der Waals surface area (Å²) in [7, 11) is 1.59. The number of nitrogens with one attached hydrogen (secondary N) is 2. The van der Waals surface area contributed by atoms with Crippen LogP contribution in [0.4, 0.5) is 4.39 Å². The maximum absolute atomic E-state index is 13.3. The van der Waals surface area contributed by atoms with Gasteiger partial charge in [-0.15, -0.1) is 10.2 Å². The molecule has 8 heteroatoms. The molecule has 0 aliphatic rings. The molecular formula is C18H15ClFN5O. The number of rotatable bonds is 5. The van der Waals surface area contributed by atoms with Crippen LogP contribution in [0.5, 0.6) is 0 Å². The quantitative estimate of drug-likeness (QED) is 0.534. The third-order valence-electron chi connectivity index (χ3n) is 3.52. The van der Waals surface area contributed by atoms with Crippen LogP contribution in [0.1, 0.15) is 5.82 Å². The summed E-state index contributed by atoms with van der Waals surface area (Å²) in [4.78, 5) is 11.7. The molecule has 0 fully saturated rings. The van der Waals surface area contributed by atoms with Gasteiger partial charge in [0.05, 0.1) is 10.7 Å². The van der Waals surface area contributed by atoms with Gasteiger partial charge >= 0.3 is 0 Å². The molecule has 0 unspecified atom stereocenters. The molecule has 0 saturated carbocycles. The van der Waals surface area contributed by atoms with Crippen molar-refractivity contribution in [1.82, 2.24) is 25.6 Å². The third-order valence-corrected chi connectivity index (χ3v) is 3.84. The van der Waals surface area contributed by atoms with Crippen LogP contribution in [0.2, 0.25) is 5.02 Å². The Hall–Kier alpha value is -3.03. The number of carbonyl (C=O) groups is 1. The van der Waals surface area contributed by atoms with Gasteiger partial charge in [0.15, 0.2) is 11.6 Å². The Balaban J connectivity index is 2.13. The van der Waals surface area contributed by atoms with Crippen molar-refractivity contribution in [2.75, 3.05) is 7.05 Å². The highest BCUT2D eigenvalue weighted by molar-refractivity contribution is 6.32. The molecule has 0 radical (unpaired) electrons. The van der Waals surface area contributed by atoms with E-state index in [9.17, 15) is 9.18 Å². The molecule has 0 saturated heterocycles. The van der Waals surface area contributed by atoms with Gasteiger partial charge in [-0.3, -0.25) is 14.8 Å². The van der Waals surface area contributed by atoms with Crippen molar-refractivity contribution in [3.63, 3.8) is 0 Å².